The van der Waals surface area contributed by atoms with Crippen molar-refractivity contribution < 1.29 is 4.39 Å². The number of benzene rings is 1. The lowest BCUT2D eigenvalue weighted by Gasteiger charge is -2.01. The second-order valence-electron chi connectivity index (χ2n) is 1.97. The maximum atomic E-state index is 13.2. The first kappa shape index (κ1) is 9.92. The molecule has 0 fully saturated rings. The third-order valence-electron chi connectivity index (χ3n) is 1.26. The second kappa shape index (κ2) is 4.18. The van der Waals surface area contributed by atoms with Gasteiger partial charge >= 0.3 is 0 Å². The summed E-state index contributed by atoms with van der Waals surface area (Å²) in [7, 11) is 0. The second-order valence-corrected chi connectivity index (χ2v) is 4.46. The Labute approximate surface area is 95.0 Å². The average molecular weight is 394 g/mol. The zero-order chi connectivity index (χ0) is 8.43. The number of rotatable bonds is 1. The molecule has 60 valence electrons. The smallest absolute Gasteiger partial charge is 0.141 e. The minimum absolute atomic E-state index is 0.142. The molecular formula is C7H4Br2FI. The molecule has 0 aromatic heterocycles. The summed E-state index contributed by atoms with van der Waals surface area (Å²) in [5.74, 6) is -0.142. The van der Waals surface area contributed by atoms with Crippen LogP contribution in [0.15, 0.2) is 16.6 Å². The van der Waals surface area contributed by atoms with Crippen molar-refractivity contribution in [2.75, 3.05) is 0 Å². The van der Waals surface area contributed by atoms with Crippen LogP contribution in [0.2, 0.25) is 0 Å². The van der Waals surface area contributed by atoms with E-state index in [4.69, 9.17) is 0 Å². The monoisotopic (exact) mass is 392 g/mol. The van der Waals surface area contributed by atoms with E-state index >= 15 is 0 Å². The van der Waals surface area contributed by atoms with E-state index in [0.717, 1.165) is 4.47 Å². The zero-order valence-corrected chi connectivity index (χ0v) is 10.7. The number of halogens is 4. The van der Waals surface area contributed by atoms with Gasteiger partial charge in [-0.15, -0.1) is 0 Å². The molecular weight excluding hydrogens is 390 g/mol. The number of alkyl halides is 1. The van der Waals surface area contributed by atoms with Crippen molar-refractivity contribution in [2.24, 2.45) is 0 Å². The molecule has 0 heterocycles. The van der Waals surface area contributed by atoms with Crippen molar-refractivity contribution in [3.8, 4) is 0 Å². The molecule has 0 nitrogen and oxygen atoms in total. The Kier molecular flexibility index (Phi) is 3.77. The molecule has 0 aliphatic heterocycles. The first-order valence-electron chi connectivity index (χ1n) is 2.85. The predicted molar refractivity (Wildman–Crippen MR) is 59.4 cm³/mol. The van der Waals surface area contributed by atoms with Crippen LogP contribution < -0.4 is 0 Å². The molecule has 1 aromatic rings. The maximum Gasteiger partial charge on any atom is 0.141 e. The molecule has 0 unspecified atom stereocenters. The van der Waals surface area contributed by atoms with Crippen molar-refractivity contribution in [1.29, 1.82) is 0 Å². The van der Waals surface area contributed by atoms with Gasteiger partial charge in [0.1, 0.15) is 5.82 Å². The van der Waals surface area contributed by atoms with Crippen molar-refractivity contribution in [1.82, 2.24) is 0 Å². The summed E-state index contributed by atoms with van der Waals surface area (Å²) in [4.78, 5) is 0. The predicted octanol–water partition coefficient (Wildman–Crippen LogP) is 4.09. The first-order valence-corrected chi connectivity index (χ1v) is 5.84. The number of hydrogen-bond acceptors (Lipinski definition) is 0. The van der Waals surface area contributed by atoms with Gasteiger partial charge in [-0.2, -0.15) is 0 Å². The van der Waals surface area contributed by atoms with Crippen LogP contribution in [0.25, 0.3) is 0 Å². The molecule has 1 rings (SSSR count). The zero-order valence-electron chi connectivity index (χ0n) is 5.37. The summed E-state index contributed by atoms with van der Waals surface area (Å²) in [6.45, 7) is 0. The molecule has 0 saturated carbocycles. The Morgan fingerprint density at radius 3 is 2.64 bits per heavy atom. The van der Waals surface area contributed by atoms with Gasteiger partial charge in [0.15, 0.2) is 0 Å². The summed E-state index contributed by atoms with van der Waals surface area (Å²) in [6.07, 6.45) is 0. The van der Waals surface area contributed by atoms with Crippen LogP contribution in [0, 0.1) is 9.39 Å². The van der Waals surface area contributed by atoms with Crippen LogP contribution in [0.4, 0.5) is 4.39 Å². The normalized spacial score (nSPS) is 10.2. The standard InChI is InChI=1S/C7H4Br2FI/c8-3-4-1-2-5(9)7(11)6(4)10/h1-2H,3H2. The molecule has 1 aromatic carbocycles. The van der Waals surface area contributed by atoms with Gasteiger partial charge in [0, 0.05) is 9.80 Å². The van der Waals surface area contributed by atoms with Crippen LogP contribution in [-0.2, 0) is 5.33 Å². The Bertz CT molecular complexity index is 275. The highest BCUT2D eigenvalue weighted by Gasteiger charge is 2.07. The van der Waals surface area contributed by atoms with E-state index in [0.29, 0.717) is 14.5 Å². The van der Waals surface area contributed by atoms with Crippen molar-refractivity contribution in [2.45, 2.75) is 5.33 Å². The van der Waals surface area contributed by atoms with E-state index in [1.165, 1.54) is 0 Å². The summed E-state index contributed by atoms with van der Waals surface area (Å²) >= 11 is 8.43. The highest BCUT2D eigenvalue weighted by Crippen LogP contribution is 2.25. The molecule has 0 amide bonds. The summed E-state index contributed by atoms with van der Waals surface area (Å²) in [5.41, 5.74) is 0.692. The minimum atomic E-state index is -0.142. The summed E-state index contributed by atoms with van der Waals surface area (Å²) in [6, 6.07) is 3.61. The molecule has 0 atom stereocenters. The minimum Gasteiger partial charge on any atom is -0.205 e. The molecule has 0 aliphatic carbocycles. The van der Waals surface area contributed by atoms with Crippen molar-refractivity contribution >= 4 is 54.5 Å². The fourth-order valence-electron chi connectivity index (χ4n) is 0.669. The lowest BCUT2D eigenvalue weighted by atomic mass is 10.2. The van der Waals surface area contributed by atoms with Gasteiger partial charge in [-0.1, -0.05) is 22.0 Å². The third-order valence-corrected chi connectivity index (χ3v) is 4.32. The van der Waals surface area contributed by atoms with E-state index in [9.17, 15) is 4.39 Å². The van der Waals surface area contributed by atoms with Gasteiger partial charge in [-0.25, -0.2) is 4.39 Å². The molecule has 4 heteroatoms. The Balaban J connectivity index is 3.25. The van der Waals surface area contributed by atoms with Crippen LogP contribution in [-0.4, -0.2) is 0 Å². The summed E-state index contributed by atoms with van der Waals surface area (Å²) in [5, 5.41) is 0.558. The molecule has 0 radical (unpaired) electrons. The Hall–Kier alpha value is 0.840. The van der Waals surface area contributed by atoms with Crippen LogP contribution in [0.5, 0.6) is 0 Å². The molecule has 0 N–H and O–H groups in total. The lowest BCUT2D eigenvalue weighted by molar-refractivity contribution is 0.609. The number of hydrogen-bond donors (Lipinski definition) is 0. The van der Waals surface area contributed by atoms with E-state index in [1.807, 2.05) is 28.7 Å². The van der Waals surface area contributed by atoms with Gasteiger partial charge in [0.25, 0.3) is 0 Å². The quantitative estimate of drug-likeness (QED) is 0.383. The Morgan fingerprint density at radius 2 is 2.09 bits per heavy atom. The van der Waals surface area contributed by atoms with Gasteiger partial charge in [-0.05, 0) is 50.2 Å². The highest BCUT2D eigenvalue weighted by molar-refractivity contribution is 14.1. The molecule has 0 bridgehead atoms. The SMILES string of the molecule is Fc1c(CBr)ccc(Br)c1I. The first-order chi connectivity index (χ1) is 5.16. The van der Waals surface area contributed by atoms with Crippen molar-refractivity contribution in [3.63, 3.8) is 0 Å². The van der Waals surface area contributed by atoms with Crippen LogP contribution >= 0.6 is 54.5 Å². The van der Waals surface area contributed by atoms with Gasteiger partial charge in [0.2, 0.25) is 0 Å². The van der Waals surface area contributed by atoms with Gasteiger partial charge < -0.3 is 0 Å². The average Bonchev–Trinajstić information content (AvgIpc) is 2.01. The topological polar surface area (TPSA) is 0 Å². The third kappa shape index (κ3) is 2.15. The van der Waals surface area contributed by atoms with Gasteiger partial charge in [-0.3, -0.25) is 0 Å². The molecule has 0 aliphatic rings. The van der Waals surface area contributed by atoms with E-state index in [2.05, 4.69) is 31.9 Å². The maximum absolute atomic E-state index is 13.2. The fraction of sp³-hybridized carbons (Fsp3) is 0.143. The molecule has 0 saturated heterocycles. The van der Waals surface area contributed by atoms with E-state index < -0.39 is 0 Å². The fourth-order valence-corrected chi connectivity index (χ4v) is 1.93. The largest absolute Gasteiger partial charge is 0.205 e. The summed E-state index contributed by atoms with van der Waals surface area (Å²) < 4.78 is 14.6. The van der Waals surface area contributed by atoms with Crippen molar-refractivity contribution in [3.05, 3.63) is 31.6 Å². The van der Waals surface area contributed by atoms with E-state index in [-0.39, 0.29) is 5.82 Å². The van der Waals surface area contributed by atoms with Crippen LogP contribution in [0.1, 0.15) is 5.56 Å². The highest BCUT2D eigenvalue weighted by atomic mass is 127. The molecule has 11 heavy (non-hydrogen) atoms. The molecule has 0 spiro atoms. The Morgan fingerprint density at radius 1 is 1.45 bits per heavy atom. The lowest BCUT2D eigenvalue weighted by Crippen LogP contribution is -1.90. The van der Waals surface area contributed by atoms with E-state index in [1.54, 1.807) is 6.07 Å². The van der Waals surface area contributed by atoms with Gasteiger partial charge in [0.05, 0.1) is 3.57 Å². The van der Waals surface area contributed by atoms with Crippen LogP contribution in [0.3, 0.4) is 0 Å².